The summed E-state index contributed by atoms with van der Waals surface area (Å²) in [5, 5.41) is 3.41. The zero-order chi connectivity index (χ0) is 21.9. The lowest BCUT2D eigenvalue weighted by molar-refractivity contribution is 0.227. The molecule has 3 heterocycles. The maximum atomic E-state index is 14.2. The second kappa shape index (κ2) is 9.86. The molecule has 0 bridgehead atoms. The molecule has 1 atom stereocenters. The first-order valence-corrected chi connectivity index (χ1v) is 12.2. The van der Waals surface area contributed by atoms with Gasteiger partial charge in [0.05, 0.1) is 6.04 Å². The topological polar surface area (TPSA) is 21.8 Å². The van der Waals surface area contributed by atoms with Crippen molar-refractivity contribution >= 4 is 5.69 Å². The summed E-state index contributed by atoms with van der Waals surface area (Å²) in [7, 11) is 0. The first-order chi connectivity index (χ1) is 15.7. The number of piperidine rings is 1. The third kappa shape index (κ3) is 4.68. The van der Waals surface area contributed by atoms with Crippen molar-refractivity contribution in [1.82, 2.24) is 15.1 Å². The SMILES string of the molecule is FC1=CC=C2C(=C3CN(CCCCCN4CCNCC4)CCC3N2c2ccc(F)cc2)C1. The summed E-state index contributed by atoms with van der Waals surface area (Å²) in [4.78, 5) is 7.42. The van der Waals surface area contributed by atoms with Crippen molar-refractivity contribution < 1.29 is 8.78 Å². The lowest BCUT2D eigenvalue weighted by Gasteiger charge is -2.37. The molecule has 2 saturated heterocycles. The number of benzene rings is 1. The number of hydrogen-bond donors (Lipinski definition) is 1. The van der Waals surface area contributed by atoms with Crippen molar-refractivity contribution in [3.8, 4) is 0 Å². The highest BCUT2D eigenvalue weighted by Crippen LogP contribution is 2.45. The van der Waals surface area contributed by atoms with Gasteiger partial charge in [0.2, 0.25) is 0 Å². The molecule has 0 saturated carbocycles. The van der Waals surface area contributed by atoms with Gasteiger partial charge in [0, 0.05) is 57.1 Å². The minimum Gasteiger partial charge on any atom is -0.334 e. The third-order valence-electron chi connectivity index (χ3n) is 7.31. The van der Waals surface area contributed by atoms with Crippen LogP contribution >= 0.6 is 0 Å². The van der Waals surface area contributed by atoms with E-state index in [1.54, 1.807) is 6.08 Å². The first kappa shape index (κ1) is 21.8. The summed E-state index contributed by atoms with van der Waals surface area (Å²) in [5.74, 6) is -0.294. The van der Waals surface area contributed by atoms with Crippen LogP contribution in [0.5, 0.6) is 0 Å². The summed E-state index contributed by atoms with van der Waals surface area (Å²) in [5.41, 5.74) is 4.58. The van der Waals surface area contributed by atoms with Crippen LogP contribution < -0.4 is 10.2 Å². The largest absolute Gasteiger partial charge is 0.334 e. The molecule has 3 aliphatic heterocycles. The summed E-state index contributed by atoms with van der Waals surface area (Å²) >= 11 is 0. The van der Waals surface area contributed by atoms with Crippen molar-refractivity contribution in [3.05, 3.63) is 64.9 Å². The van der Waals surface area contributed by atoms with Gasteiger partial charge in [-0.3, -0.25) is 4.90 Å². The fourth-order valence-electron chi connectivity index (χ4n) is 5.64. The number of piperazine rings is 1. The molecule has 0 spiro atoms. The van der Waals surface area contributed by atoms with Crippen LogP contribution in [0, 0.1) is 5.82 Å². The molecule has 0 aromatic heterocycles. The molecule has 1 aromatic rings. The van der Waals surface area contributed by atoms with Crippen LogP contribution in [0.4, 0.5) is 14.5 Å². The molecule has 172 valence electrons. The van der Waals surface area contributed by atoms with Gasteiger partial charge in [-0.05, 0) is 79.9 Å². The quantitative estimate of drug-likeness (QED) is 0.641. The van der Waals surface area contributed by atoms with E-state index in [0.717, 1.165) is 56.1 Å². The summed E-state index contributed by atoms with van der Waals surface area (Å²) < 4.78 is 27.7. The van der Waals surface area contributed by atoms with E-state index in [9.17, 15) is 8.78 Å². The normalized spacial score (nSPS) is 24.3. The van der Waals surface area contributed by atoms with Crippen LogP contribution in [0.25, 0.3) is 0 Å². The van der Waals surface area contributed by atoms with Crippen molar-refractivity contribution in [2.75, 3.05) is 57.3 Å². The molecule has 1 aliphatic carbocycles. The Balaban J connectivity index is 1.20. The summed E-state index contributed by atoms with van der Waals surface area (Å²) in [6, 6.07) is 6.97. The number of nitrogens with zero attached hydrogens (tertiary/aromatic N) is 3. The molecule has 1 unspecified atom stereocenters. The molecule has 32 heavy (non-hydrogen) atoms. The molecular weight excluding hydrogens is 406 g/mol. The lowest BCUT2D eigenvalue weighted by atomic mass is 9.93. The highest BCUT2D eigenvalue weighted by Gasteiger charge is 2.40. The number of fused-ring (bicyclic) bond motifs is 2. The van der Waals surface area contributed by atoms with E-state index >= 15 is 0 Å². The van der Waals surface area contributed by atoms with Crippen LogP contribution in [-0.2, 0) is 0 Å². The second-order valence-electron chi connectivity index (χ2n) is 9.43. The Kier molecular flexibility index (Phi) is 6.72. The van der Waals surface area contributed by atoms with Gasteiger partial charge >= 0.3 is 0 Å². The molecular formula is C26H34F2N4. The van der Waals surface area contributed by atoms with Gasteiger partial charge < -0.3 is 15.1 Å². The van der Waals surface area contributed by atoms with E-state index < -0.39 is 0 Å². The number of halogens is 2. The number of unbranched alkanes of at least 4 members (excludes halogenated alkanes) is 2. The van der Waals surface area contributed by atoms with E-state index in [-0.39, 0.29) is 17.7 Å². The fourth-order valence-corrected chi connectivity index (χ4v) is 5.64. The predicted molar refractivity (Wildman–Crippen MR) is 126 cm³/mol. The summed E-state index contributed by atoms with van der Waals surface area (Å²) in [6.45, 7) is 8.89. The van der Waals surface area contributed by atoms with Gasteiger partial charge in [-0.25, -0.2) is 8.78 Å². The monoisotopic (exact) mass is 440 g/mol. The molecule has 5 rings (SSSR count). The minimum absolute atomic E-state index is 0.0685. The van der Waals surface area contributed by atoms with E-state index in [4.69, 9.17) is 0 Å². The molecule has 1 N–H and O–H groups in total. The number of allylic oxidation sites excluding steroid dienone is 4. The molecule has 0 amide bonds. The number of nitrogens with one attached hydrogen (secondary N) is 1. The molecule has 1 aromatic carbocycles. The van der Waals surface area contributed by atoms with Crippen molar-refractivity contribution in [2.24, 2.45) is 0 Å². The Bertz CT molecular complexity index is 899. The van der Waals surface area contributed by atoms with E-state index in [0.29, 0.717) is 6.42 Å². The Morgan fingerprint density at radius 3 is 2.41 bits per heavy atom. The van der Waals surface area contributed by atoms with Crippen molar-refractivity contribution in [2.45, 2.75) is 38.1 Å². The van der Waals surface area contributed by atoms with Gasteiger partial charge in [0.15, 0.2) is 0 Å². The fraction of sp³-hybridized carbons (Fsp3) is 0.538. The number of anilines is 1. The van der Waals surface area contributed by atoms with Gasteiger partial charge in [-0.2, -0.15) is 0 Å². The van der Waals surface area contributed by atoms with Crippen molar-refractivity contribution in [1.29, 1.82) is 0 Å². The van der Waals surface area contributed by atoms with Crippen LogP contribution in [-0.4, -0.2) is 68.2 Å². The van der Waals surface area contributed by atoms with E-state index in [1.807, 2.05) is 18.2 Å². The Morgan fingerprint density at radius 1 is 0.875 bits per heavy atom. The van der Waals surface area contributed by atoms with E-state index in [2.05, 4.69) is 20.0 Å². The predicted octanol–water partition coefficient (Wildman–Crippen LogP) is 4.23. The summed E-state index contributed by atoms with van der Waals surface area (Å²) in [6.07, 6.45) is 8.65. The Morgan fingerprint density at radius 2 is 1.62 bits per heavy atom. The third-order valence-corrected chi connectivity index (χ3v) is 7.31. The van der Waals surface area contributed by atoms with Crippen LogP contribution in [0.3, 0.4) is 0 Å². The molecule has 4 nitrogen and oxygen atoms in total. The zero-order valence-electron chi connectivity index (χ0n) is 18.8. The van der Waals surface area contributed by atoms with Crippen molar-refractivity contribution in [3.63, 3.8) is 0 Å². The molecule has 2 fully saturated rings. The minimum atomic E-state index is -0.225. The van der Waals surface area contributed by atoms with Gasteiger partial charge in [-0.15, -0.1) is 0 Å². The molecule has 0 radical (unpaired) electrons. The zero-order valence-corrected chi connectivity index (χ0v) is 18.8. The van der Waals surface area contributed by atoms with Crippen LogP contribution in [0.1, 0.15) is 32.1 Å². The maximum absolute atomic E-state index is 14.2. The first-order valence-electron chi connectivity index (χ1n) is 12.2. The standard InChI is InChI=1S/C26H34F2N4/c27-20-4-7-22(8-5-20)32-25-9-6-21(28)18-23(25)24-19-31(15-10-26(24)32)14-3-1-2-13-30-16-11-29-12-17-30/h4-9,26,29H,1-3,10-19H2. The van der Waals surface area contributed by atoms with Crippen LogP contribution in [0.2, 0.25) is 0 Å². The Labute approximate surface area is 190 Å². The number of hydrogen-bond acceptors (Lipinski definition) is 4. The number of likely N-dealkylation sites (tertiary alicyclic amines) is 1. The van der Waals surface area contributed by atoms with Gasteiger partial charge in [-0.1, -0.05) is 6.42 Å². The average molecular weight is 441 g/mol. The van der Waals surface area contributed by atoms with Gasteiger partial charge in [0.1, 0.15) is 11.6 Å². The smallest absolute Gasteiger partial charge is 0.123 e. The lowest BCUT2D eigenvalue weighted by Crippen LogP contribution is -2.44. The van der Waals surface area contributed by atoms with E-state index in [1.165, 1.54) is 56.6 Å². The second-order valence-corrected chi connectivity index (χ2v) is 9.43. The average Bonchev–Trinajstić information content (AvgIpc) is 3.13. The van der Waals surface area contributed by atoms with Gasteiger partial charge in [0.25, 0.3) is 0 Å². The van der Waals surface area contributed by atoms with Crippen LogP contribution in [0.15, 0.2) is 59.1 Å². The molecule has 6 heteroatoms. The highest BCUT2D eigenvalue weighted by molar-refractivity contribution is 5.68. The Hall–Kier alpha value is -2.02. The number of rotatable bonds is 7. The maximum Gasteiger partial charge on any atom is 0.123 e. The molecule has 4 aliphatic rings. The highest BCUT2D eigenvalue weighted by atomic mass is 19.1.